The van der Waals surface area contributed by atoms with Crippen LogP contribution in [0.4, 0.5) is 0 Å². The van der Waals surface area contributed by atoms with Crippen LogP contribution in [-0.2, 0) is 73.9 Å². The summed E-state index contributed by atoms with van der Waals surface area (Å²) in [6.45, 7) is 47.0. The number of carbonyl (C=O) groups excluding carboxylic acids is 3. The molecule has 466 valence electrons. The van der Waals surface area contributed by atoms with Gasteiger partial charge in [0.1, 0.15) is 41.1 Å². The summed E-state index contributed by atoms with van der Waals surface area (Å²) in [5, 5.41) is 44.2. The minimum absolute atomic E-state index is 0.0288. The zero-order chi connectivity index (χ0) is 63.7. The van der Waals surface area contributed by atoms with Gasteiger partial charge in [-0.3, -0.25) is 9.59 Å². The molecule has 0 radical (unpaired) electrons. The Hall–Kier alpha value is -5.89. The topological polar surface area (TPSA) is 188 Å². The Morgan fingerprint density at radius 1 is 0.512 bits per heavy atom. The minimum Gasteiger partial charge on any atom is -0.507 e. The van der Waals surface area contributed by atoms with Gasteiger partial charge in [0, 0.05) is 46.6 Å². The molecule has 4 aromatic rings. The third-order valence-electron chi connectivity index (χ3n) is 17.4. The summed E-state index contributed by atoms with van der Waals surface area (Å²) in [5.41, 5.74) is 4.31. The van der Waals surface area contributed by atoms with Gasteiger partial charge in [0.25, 0.3) is 0 Å². The van der Waals surface area contributed by atoms with E-state index in [9.17, 15) is 24.9 Å². The first kappa shape index (κ1) is 70.6. The van der Waals surface area contributed by atoms with E-state index in [1.807, 2.05) is 134 Å². The lowest BCUT2D eigenvalue weighted by Gasteiger charge is -2.38. The van der Waals surface area contributed by atoms with Crippen LogP contribution in [0.25, 0.3) is 0 Å². The maximum atomic E-state index is 15.2. The highest BCUT2D eigenvalue weighted by Crippen LogP contribution is 2.58. The van der Waals surface area contributed by atoms with Crippen LogP contribution >= 0.6 is 0 Å². The minimum atomic E-state index is -0.965. The normalized spacial score (nSPS) is 13.0. The van der Waals surface area contributed by atoms with Gasteiger partial charge in [0.15, 0.2) is 5.76 Å². The molecule has 13 heteroatoms. The fraction of sp³-hybridized carbons (Fsp3) is 0.592. The smallest absolute Gasteiger partial charge is 0.378 e. The average molecular weight is 1170 g/mol. The number of rotatable bonds is 29. The van der Waals surface area contributed by atoms with E-state index in [0.717, 1.165) is 39.8 Å². The summed E-state index contributed by atoms with van der Waals surface area (Å²) < 4.78 is 37.4. The van der Waals surface area contributed by atoms with Gasteiger partial charge in [-0.1, -0.05) is 168 Å². The molecule has 84 heavy (non-hydrogen) atoms. The molecule has 0 fully saturated rings. The Kier molecular flexibility index (Phi) is 24.0. The van der Waals surface area contributed by atoms with Gasteiger partial charge in [-0.25, -0.2) is 4.79 Å². The number of aliphatic hydroxyl groups excluding tert-OH is 1. The predicted molar refractivity (Wildman–Crippen MR) is 336 cm³/mol. The standard InChI is InChI=1S/C71H104O13/c1-23-68(15,16)49-41-50(61(77)53(42-49)69(17,18)24-2)45(7)56-62(82-54(73)29-27-47-37-43(5)59(75)51(39-47)66(9,10)11)57(70(19,20)25-3)64(83-55(74)30-28-48-38-44(6)60(76)52(40-48)67(12,13)14)58(71(21,22)26-4)63(56)84-65(78)46(8)81-36-35-80-34-33-79-32-31-72/h37-42,45,72,75-77H,8,23-36H2,1-7,9-22H3. The largest absolute Gasteiger partial charge is 0.507 e. The first-order chi connectivity index (χ1) is 38.8. The molecule has 0 saturated carbocycles. The monoisotopic (exact) mass is 1160 g/mol. The molecule has 13 nitrogen and oxygen atoms in total. The van der Waals surface area contributed by atoms with Gasteiger partial charge < -0.3 is 48.8 Å². The number of phenols is 3. The number of hydrogen-bond donors (Lipinski definition) is 4. The Morgan fingerprint density at radius 2 is 0.929 bits per heavy atom. The van der Waals surface area contributed by atoms with Crippen molar-refractivity contribution < 1.29 is 63.2 Å². The molecule has 4 rings (SSSR count). The van der Waals surface area contributed by atoms with E-state index < -0.39 is 45.5 Å². The summed E-state index contributed by atoms with van der Waals surface area (Å²) >= 11 is 0. The molecule has 4 aromatic carbocycles. The van der Waals surface area contributed by atoms with Crippen LogP contribution in [0.2, 0.25) is 0 Å². The van der Waals surface area contributed by atoms with Gasteiger partial charge in [-0.05, 0) is 130 Å². The first-order valence-corrected chi connectivity index (χ1v) is 30.4. The Morgan fingerprint density at radius 3 is 1.36 bits per heavy atom. The van der Waals surface area contributed by atoms with E-state index in [0.29, 0.717) is 47.1 Å². The van der Waals surface area contributed by atoms with Crippen molar-refractivity contribution >= 4 is 17.9 Å². The number of aliphatic hydroxyl groups is 1. The number of phenolic OH excluding ortho intramolecular Hbond substituents is 3. The lowest BCUT2D eigenvalue weighted by Crippen LogP contribution is -2.30. The van der Waals surface area contributed by atoms with E-state index in [1.165, 1.54) is 0 Å². The van der Waals surface area contributed by atoms with Gasteiger partial charge in [0.05, 0.1) is 33.0 Å². The van der Waals surface area contributed by atoms with Crippen LogP contribution in [0, 0.1) is 13.8 Å². The number of hydrogen-bond acceptors (Lipinski definition) is 13. The number of esters is 3. The summed E-state index contributed by atoms with van der Waals surface area (Å²) in [5.74, 6) is -2.87. The zero-order valence-corrected chi connectivity index (χ0v) is 55.1. The third-order valence-corrected chi connectivity index (χ3v) is 17.4. The number of ether oxygens (including phenoxy) is 6. The van der Waals surface area contributed by atoms with Crippen LogP contribution in [-0.4, -0.2) is 78.0 Å². The van der Waals surface area contributed by atoms with Crippen LogP contribution in [0.1, 0.15) is 243 Å². The third kappa shape index (κ3) is 17.2. The molecule has 0 bridgehead atoms. The maximum absolute atomic E-state index is 15.2. The van der Waals surface area contributed by atoms with Crippen molar-refractivity contribution in [3.63, 3.8) is 0 Å². The van der Waals surface area contributed by atoms with Crippen molar-refractivity contribution in [3.05, 3.63) is 115 Å². The van der Waals surface area contributed by atoms with Crippen LogP contribution < -0.4 is 14.2 Å². The molecular formula is C71H104O13. The van der Waals surface area contributed by atoms with Crippen molar-refractivity contribution in [2.24, 2.45) is 0 Å². The lowest BCUT2D eigenvalue weighted by molar-refractivity contribution is -0.134. The van der Waals surface area contributed by atoms with E-state index >= 15 is 4.79 Å². The summed E-state index contributed by atoms with van der Waals surface area (Å²) in [4.78, 5) is 45.1. The molecule has 0 aliphatic heterocycles. The van der Waals surface area contributed by atoms with Crippen molar-refractivity contribution in [1.29, 1.82) is 0 Å². The van der Waals surface area contributed by atoms with Crippen LogP contribution in [0.15, 0.2) is 48.7 Å². The highest BCUT2D eigenvalue weighted by Gasteiger charge is 2.44. The second kappa shape index (κ2) is 28.5. The van der Waals surface area contributed by atoms with Crippen molar-refractivity contribution in [2.45, 2.75) is 235 Å². The highest BCUT2D eigenvalue weighted by molar-refractivity contribution is 5.89. The average Bonchev–Trinajstić information content (AvgIpc) is 0.769. The lowest BCUT2D eigenvalue weighted by atomic mass is 9.70. The predicted octanol–water partition coefficient (Wildman–Crippen LogP) is 15.5. The number of aromatic hydroxyl groups is 3. The summed E-state index contributed by atoms with van der Waals surface area (Å²) in [6.07, 6.45) is 2.72. The van der Waals surface area contributed by atoms with E-state index in [2.05, 4.69) is 54.2 Å². The number of aryl methyl sites for hydroxylation is 4. The molecule has 0 aliphatic rings. The van der Waals surface area contributed by atoms with E-state index in [4.69, 9.17) is 33.5 Å². The molecule has 0 amide bonds. The van der Waals surface area contributed by atoms with Crippen molar-refractivity contribution in [1.82, 2.24) is 0 Å². The molecule has 4 N–H and O–H groups in total. The van der Waals surface area contributed by atoms with E-state index in [-0.39, 0.29) is 122 Å². The fourth-order valence-electron chi connectivity index (χ4n) is 10.2. The van der Waals surface area contributed by atoms with Gasteiger partial charge in [0.2, 0.25) is 0 Å². The molecule has 0 spiro atoms. The molecule has 0 saturated heterocycles. The molecule has 0 aliphatic carbocycles. The first-order valence-electron chi connectivity index (χ1n) is 30.4. The van der Waals surface area contributed by atoms with Crippen LogP contribution in [0.3, 0.4) is 0 Å². The van der Waals surface area contributed by atoms with Crippen LogP contribution in [0.5, 0.6) is 34.5 Å². The number of carbonyl (C=O) groups is 3. The van der Waals surface area contributed by atoms with Gasteiger partial charge in [-0.2, -0.15) is 0 Å². The number of benzene rings is 4. The SMILES string of the molecule is C=C(OCCOCCOCCO)C(=O)Oc1c(C(C)c2cc(C(C)(C)CC)cc(C(C)(C)CC)c2O)c(OC(=O)CCc2cc(C)c(O)c(C(C)(C)C)c2)c(C(C)(C)CC)c(OC(=O)CCc2cc(C)c(O)c(C(C)(C)C)c2)c1C(C)(C)CC. The Labute approximate surface area is 503 Å². The van der Waals surface area contributed by atoms with Crippen molar-refractivity contribution in [2.75, 3.05) is 39.6 Å². The Bertz CT molecular complexity index is 2980. The second-order valence-corrected chi connectivity index (χ2v) is 27.5. The summed E-state index contributed by atoms with van der Waals surface area (Å²) in [6, 6.07) is 11.7. The molecule has 1 atom stereocenters. The highest BCUT2D eigenvalue weighted by atomic mass is 16.6. The van der Waals surface area contributed by atoms with Gasteiger partial charge in [-0.15, -0.1) is 0 Å². The summed E-state index contributed by atoms with van der Waals surface area (Å²) in [7, 11) is 0. The fourth-order valence-corrected chi connectivity index (χ4v) is 10.2. The quantitative estimate of drug-likeness (QED) is 0.0132. The molecule has 0 heterocycles. The Balaban J connectivity index is 2.22. The zero-order valence-electron chi connectivity index (χ0n) is 55.1. The molecule has 0 aromatic heterocycles. The van der Waals surface area contributed by atoms with Gasteiger partial charge >= 0.3 is 17.9 Å². The molecular weight excluding hydrogens is 1060 g/mol. The van der Waals surface area contributed by atoms with Crippen molar-refractivity contribution in [3.8, 4) is 34.5 Å². The maximum Gasteiger partial charge on any atom is 0.378 e. The molecule has 1 unspecified atom stereocenters. The second-order valence-electron chi connectivity index (χ2n) is 27.5. The van der Waals surface area contributed by atoms with E-state index in [1.54, 1.807) is 0 Å².